The Kier molecular flexibility index (Phi) is 6.98. The lowest BCUT2D eigenvalue weighted by molar-refractivity contribution is -0.113. The Morgan fingerprint density at radius 2 is 1.88 bits per heavy atom. The summed E-state index contributed by atoms with van der Waals surface area (Å²) in [4.78, 5) is 20.5. The number of carbonyl (C=O) groups excluding carboxylic acids is 1. The number of amides is 1. The number of H-pyrrole nitrogens is 1. The Balaban J connectivity index is 1.35. The summed E-state index contributed by atoms with van der Waals surface area (Å²) in [6.07, 6.45) is 2.49. The van der Waals surface area contributed by atoms with E-state index < -0.39 is 10.0 Å². The Hall–Kier alpha value is -2.62. The van der Waals surface area contributed by atoms with Crippen LogP contribution < -0.4 is 5.32 Å². The quantitative estimate of drug-likeness (QED) is 0.488. The van der Waals surface area contributed by atoms with Crippen molar-refractivity contribution in [1.29, 1.82) is 0 Å². The number of anilines is 1. The predicted octanol–water partition coefficient (Wildman–Crippen LogP) is 3.82. The molecule has 1 aliphatic rings. The van der Waals surface area contributed by atoms with Crippen molar-refractivity contribution in [3.05, 3.63) is 71.5 Å². The first-order chi connectivity index (χ1) is 15.4. The molecular weight excluding hydrogens is 444 g/mol. The molecule has 0 spiro atoms. The van der Waals surface area contributed by atoms with Crippen molar-refractivity contribution >= 4 is 33.4 Å². The molecule has 2 heterocycles. The number of nitrogens with one attached hydrogen (secondary N) is 2. The fourth-order valence-electron chi connectivity index (χ4n) is 3.64. The van der Waals surface area contributed by atoms with Crippen molar-refractivity contribution in [2.75, 3.05) is 24.2 Å². The average molecular weight is 471 g/mol. The van der Waals surface area contributed by atoms with Crippen LogP contribution in [0.25, 0.3) is 0 Å². The van der Waals surface area contributed by atoms with Crippen LogP contribution in [0.2, 0.25) is 0 Å². The number of aromatic amines is 1. The van der Waals surface area contributed by atoms with Crippen molar-refractivity contribution in [1.82, 2.24) is 14.3 Å². The van der Waals surface area contributed by atoms with Crippen molar-refractivity contribution in [3.8, 4) is 0 Å². The molecule has 9 heteroatoms. The van der Waals surface area contributed by atoms with E-state index >= 15 is 0 Å². The minimum atomic E-state index is -3.52. The first-order valence-corrected chi connectivity index (χ1v) is 13.0. The third kappa shape index (κ3) is 5.40. The molecule has 0 atom stereocenters. The fourth-order valence-corrected chi connectivity index (χ4v) is 5.94. The van der Waals surface area contributed by atoms with Crippen LogP contribution >= 0.6 is 11.8 Å². The standard InChI is InChI=1S/C23H26N4O3S2/c1-17-21(14-18-8-3-2-4-9-18)26-23(24-17)31-16-22(28)25-19-10-7-11-20(15-19)32(29,30)27-12-5-6-13-27/h2-4,7-11,15H,5-6,12-14,16H2,1H3,(H,24,26)(H,25,28). The van der Waals surface area contributed by atoms with Crippen LogP contribution in [0.1, 0.15) is 29.8 Å². The summed E-state index contributed by atoms with van der Waals surface area (Å²) in [7, 11) is -3.52. The SMILES string of the molecule is Cc1[nH]c(SCC(=O)Nc2cccc(S(=O)(=O)N3CCCC3)c2)nc1Cc1ccccc1. The molecule has 0 bridgehead atoms. The highest BCUT2D eigenvalue weighted by atomic mass is 32.2. The van der Waals surface area contributed by atoms with Gasteiger partial charge in [0, 0.05) is 30.9 Å². The van der Waals surface area contributed by atoms with Gasteiger partial charge in [0.05, 0.1) is 16.3 Å². The van der Waals surface area contributed by atoms with E-state index in [4.69, 9.17) is 0 Å². The summed E-state index contributed by atoms with van der Waals surface area (Å²) in [6, 6.07) is 16.5. The second kappa shape index (κ2) is 9.89. The molecule has 3 aromatic rings. The van der Waals surface area contributed by atoms with E-state index in [1.165, 1.54) is 27.7 Å². The molecular formula is C23H26N4O3S2. The van der Waals surface area contributed by atoms with E-state index in [9.17, 15) is 13.2 Å². The van der Waals surface area contributed by atoms with Gasteiger partial charge in [-0.2, -0.15) is 4.31 Å². The van der Waals surface area contributed by atoms with Crippen molar-refractivity contribution in [3.63, 3.8) is 0 Å². The van der Waals surface area contributed by atoms with Gasteiger partial charge in [-0.25, -0.2) is 13.4 Å². The number of thioether (sulfide) groups is 1. The molecule has 0 saturated carbocycles. The van der Waals surface area contributed by atoms with Gasteiger partial charge in [0.1, 0.15) is 0 Å². The van der Waals surface area contributed by atoms with E-state index in [0.29, 0.717) is 23.9 Å². The molecule has 168 valence electrons. The minimum Gasteiger partial charge on any atom is -0.337 e. The molecule has 0 radical (unpaired) electrons. The number of aromatic nitrogens is 2. The maximum atomic E-state index is 12.7. The smallest absolute Gasteiger partial charge is 0.243 e. The van der Waals surface area contributed by atoms with E-state index in [2.05, 4.69) is 27.4 Å². The van der Waals surface area contributed by atoms with E-state index in [0.717, 1.165) is 30.7 Å². The minimum absolute atomic E-state index is 0.167. The Bertz CT molecular complexity index is 1190. The molecule has 4 rings (SSSR count). The highest BCUT2D eigenvalue weighted by Crippen LogP contribution is 2.24. The van der Waals surface area contributed by atoms with Gasteiger partial charge < -0.3 is 10.3 Å². The van der Waals surface area contributed by atoms with Crippen LogP contribution in [0.3, 0.4) is 0 Å². The summed E-state index contributed by atoms with van der Waals surface area (Å²) in [5, 5.41) is 3.48. The highest BCUT2D eigenvalue weighted by Gasteiger charge is 2.27. The number of imidazole rings is 1. The summed E-state index contributed by atoms with van der Waals surface area (Å²) in [5.41, 5.74) is 3.59. The number of sulfonamides is 1. The number of nitrogens with zero attached hydrogens (tertiary/aromatic N) is 2. The topological polar surface area (TPSA) is 95.2 Å². The molecule has 1 aliphatic heterocycles. The zero-order valence-corrected chi connectivity index (χ0v) is 19.5. The molecule has 1 fully saturated rings. The fraction of sp³-hybridized carbons (Fsp3) is 0.304. The summed E-state index contributed by atoms with van der Waals surface area (Å²) >= 11 is 1.32. The van der Waals surface area contributed by atoms with Crippen LogP contribution in [0, 0.1) is 6.92 Å². The van der Waals surface area contributed by atoms with E-state index in [1.54, 1.807) is 18.2 Å². The molecule has 1 amide bonds. The van der Waals surface area contributed by atoms with Crippen molar-refractivity contribution in [2.45, 2.75) is 36.2 Å². The summed E-state index contributed by atoms with van der Waals surface area (Å²) in [5.74, 6) is -0.0507. The van der Waals surface area contributed by atoms with E-state index in [-0.39, 0.29) is 16.6 Å². The molecule has 0 unspecified atom stereocenters. The molecule has 0 aliphatic carbocycles. The summed E-state index contributed by atoms with van der Waals surface area (Å²) in [6.45, 7) is 3.07. The molecule has 7 nitrogen and oxygen atoms in total. The third-order valence-electron chi connectivity index (χ3n) is 5.34. The molecule has 1 aromatic heterocycles. The van der Waals surface area contributed by atoms with Crippen LogP contribution in [-0.4, -0.2) is 47.4 Å². The Labute approximate surface area is 192 Å². The first kappa shape index (κ1) is 22.6. The van der Waals surface area contributed by atoms with Crippen LogP contribution in [0.15, 0.2) is 64.6 Å². The number of hydrogen-bond acceptors (Lipinski definition) is 5. The molecule has 32 heavy (non-hydrogen) atoms. The summed E-state index contributed by atoms with van der Waals surface area (Å²) < 4.78 is 27.0. The largest absolute Gasteiger partial charge is 0.337 e. The predicted molar refractivity (Wildman–Crippen MR) is 126 cm³/mol. The number of hydrogen-bond donors (Lipinski definition) is 2. The lowest BCUT2D eigenvalue weighted by Gasteiger charge is -2.16. The van der Waals surface area contributed by atoms with Crippen molar-refractivity contribution < 1.29 is 13.2 Å². The van der Waals surface area contributed by atoms with Gasteiger partial charge in [-0.3, -0.25) is 4.79 Å². The lowest BCUT2D eigenvalue weighted by Crippen LogP contribution is -2.28. The zero-order chi connectivity index (χ0) is 22.6. The van der Waals surface area contributed by atoms with Gasteiger partial charge in [-0.15, -0.1) is 0 Å². The van der Waals surface area contributed by atoms with Crippen LogP contribution in [-0.2, 0) is 21.2 Å². The van der Waals surface area contributed by atoms with Crippen LogP contribution in [0.5, 0.6) is 0 Å². The second-order valence-corrected chi connectivity index (χ2v) is 10.7. The van der Waals surface area contributed by atoms with Gasteiger partial charge in [0.25, 0.3) is 0 Å². The number of benzene rings is 2. The normalized spacial score (nSPS) is 14.5. The van der Waals surface area contributed by atoms with Crippen molar-refractivity contribution in [2.24, 2.45) is 0 Å². The van der Waals surface area contributed by atoms with Gasteiger partial charge in [-0.1, -0.05) is 48.2 Å². The first-order valence-electron chi connectivity index (χ1n) is 10.5. The molecule has 2 aromatic carbocycles. The number of aryl methyl sites for hydroxylation is 1. The zero-order valence-electron chi connectivity index (χ0n) is 17.9. The number of carbonyl (C=O) groups is 1. The monoisotopic (exact) mass is 470 g/mol. The van der Waals surface area contributed by atoms with Gasteiger partial charge in [-0.05, 0) is 43.5 Å². The lowest BCUT2D eigenvalue weighted by atomic mass is 10.1. The second-order valence-electron chi connectivity index (χ2n) is 7.75. The Morgan fingerprint density at radius 3 is 2.62 bits per heavy atom. The van der Waals surface area contributed by atoms with Gasteiger partial charge in [0.2, 0.25) is 15.9 Å². The molecule has 2 N–H and O–H groups in total. The Morgan fingerprint density at radius 1 is 1.12 bits per heavy atom. The average Bonchev–Trinajstić information content (AvgIpc) is 3.44. The maximum absolute atomic E-state index is 12.7. The molecule has 1 saturated heterocycles. The highest BCUT2D eigenvalue weighted by molar-refractivity contribution is 7.99. The van der Waals surface area contributed by atoms with Gasteiger partial charge >= 0.3 is 0 Å². The van der Waals surface area contributed by atoms with E-state index in [1.807, 2.05) is 25.1 Å². The van der Waals surface area contributed by atoms with Gasteiger partial charge in [0.15, 0.2) is 5.16 Å². The van der Waals surface area contributed by atoms with Crippen LogP contribution in [0.4, 0.5) is 5.69 Å². The number of rotatable bonds is 8. The third-order valence-corrected chi connectivity index (χ3v) is 8.11. The maximum Gasteiger partial charge on any atom is 0.243 e.